The molecule has 2 aromatic rings. The highest BCUT2D eigenvalue weighted by Crippen LogP contribution is 2.31. The Morgan fingerprint density at radius 2 is 1.69 bits per heavy atom. The highest BCUT2D eigenvalue weighted by molar-refractivity contribution is 7.89. The molecule has 140 valence electrons. The number of aliphatic hydroxyl groups is 1. The van der Waals surface area contributed by atoms with Crippen LogP contribution in [-0.2, 0) is 10.0 Å². The van der Waals surface area contributed by atoms with Gasteiger partial charge in [-0.1, -0.05) is 41.4 Å². The summed E-state index contributed by atoms with van der Waals surface area (Å²) in [7, 11) is -3.60. The van der Waals surface area contributed by atoms with Gasteiger partial charge < -0.3 is 5.11 Å². The molecule has 2 N–H and O–H groups in total. The summed E-state index contributed by atoms with van der Waals surface area (Å²) in [5.41, 5.74) is 0.920. The second-order valence-corrected chi connectivity index (χ2v) is 9.60. The number of sulfonamides is 1. The molecular weight excluding hydrogens is 393 g/mol. The summed E-state index contributed by atoms with van der Waals surface area (Å²) in [5, 5.41) is 11.1. The lowest BCUT2D eigenvalue weighted by molar-refractivity contribution is 0.0163. The first-order valence-electron chi connectivity index (χ1n) is 8.46. The Morgan fingerprint density at radius 3 is 2.27 bits per heavy atom. The molecule has 1 aliphatic carbocycles. The number of hydrogen-bond acceptors (Lipinski definition) is 3. The molecule has 1 fully saturated rings. The largest absolute Gasteiger partial charge is 0.390 e. The molecule has 0 aromatic heterocycles. The predicted octanol–water partition coefficient (Wildman–Crippen LogP) is 4.63. The van der Waals surface area contributed by atoms with E-state index in [-0.39, 0.29) is 10.9 Å². The van der Waals surface area contributed by atoms with Crippen molar-refractivity contribution in [2.45, 2.75) is 49.1 Å². The van der Waals surface area contributed by atoms with Crippen LogP contribution in [0.3, 0.4) is 0 Å². The van der Waals surface area contributed by atoms with Crippen LogP contribution in [0.1, 0.15) is 32.6 Å². The molecule has 3 rings (SSSR count). The number of halogens is 2. The van der Waals surface area contributed by atoms with E-state index in [1.54, 1.807) is 49.4 Å². The maximum atomic E-state index is 12.6. The van der Waals surface area contributed by atoms with Crippen molar-refractivity contribution >= 4 is 33.2 Å². The number of rotatable bonds is 4. The molecule has 0 aliphatic heterocycles. The minimum absolute atomic E-state index is 0.148. The van der Waals surface area contributed by atoms with Gasteiger partial charge in [0.05, 0.1) is 10.5 Å². The van der Waals surface area contributed by atoms with Gasteiger partial charge in [0.1, 0.15) is 0 Å². The average molecular weight is 414 g/mol. The summed E-state index contributed by atoms with van der Waals surface area (Å²) in [5.74, 6) is 0. The third-order valence-electron chi connectivity index (χ3n) is 4.79. The molecule has 1 saturated carbocycles. The molecule has 0 saturated heterocycles. The van der Waals surface area contributed by atoms with E-state index >= 15 is 0 Å². The highest BCUT2D eigenvalue weighted by atomic mass is 35.5. The van der Waals surface area contributed by atoms with Crippen molar-refractivity contribution in [3.05, 3.63) is 52.5 Å². The van der Waals surface area contributed by atoms with E-state index in [2.05, 4.69) is 4.72 Å². The zero-order valence-electron chi connectivity index (χ0n) is 14.4. The van der Waals surface area contributed by atoms with Crippen LogP contribution in [0.2, 0.25) is 10.0 Å². The van der Waals surface area contributed by atoms with Crippen LogP contribution in [0.5, 0.6) is 0 Å². The molecule has 0 amide bonds. The molecule has 4 nitrogen and oxygen atoms in total. The monoisotopic (exact) mass is 413 g/mol. The average Bonchev–Trinajstić information content (AvgIpc) is 2.57. The minimum atomic E-state index is -3.60. The van der Waals surface area contributed by atoms with Crippen molar-refractivity contribution in [1.29, 1.82) is 0 Å². The summed E-state index contributed by atoms with van der Waals surface area (Å²) in [6, 6.07) is 11.7. The van der Waals surface area contributed by atoms with Gasteiger partial charge in [0, 0.05) is 21.7 Å². The number of hydrogen-bond donors (Lipinski definition) is 2. The summed E-state index contributed by atoms with van der Waals surface area (Å²) in [4.78, 5) is 0.212. The lowest BCUT2D eigenvalue weighted by Crippen LogP contribution is -2.42. The van der Waals surface area contributed by atoms with Crippen LogP contribution in [0.4, 0.5) is 0 Å². The van der Waals surface area contributed by atoms with Crippen molar-refractivity contribution in [3.63, 3.8) is 0 Å². The maximum Gasteiger partial charge on any atom is 0.240 e. The Morgan fingerprint density at radius 1 is 1.08 bits per heavy atom. The zero-order valence-corrected chi connectivity index (χ0v) is 16.7. The summed E-state index contributed by atoms with van der Waals surface area (Å²) in [6.45, 7) is 1.79. The number of benzene rings is 2. The molecule has 2 aromatic carbocycles. The first-order chi connectivity index (χ1) is 12.2. The SMILES string of the molecule is CC1(O)CCC(NS(=O)(=O)c2ccc(-c3ccc(Cl)cc3Cl)cc2)CC1. The first-order valence-corrected chi connectivity index (χ1v) is 10.7. The normalized spacial score (nSPS) is 23.8. The molecule has 0 unspecified atom stereocenters. The van der Waals surface area contributed by atoms with Gasteiger partial charge in [0.2, 0.25) is 10.0 Å². The molecule has 0 radical (unpaired) electrons. The van der Waals surface area contributed by atoms with E-state index < -0.39 is 15.6 Å². The predicted molar refractivity (Wildman–Crippen MR) is 105 cm³/mol. The van der Waals surface area contributed by atoms with Gasteiger partial charge in [-0.05, 0) is 62.4 Å². The van der Waals surface area contributed by atoms with Crippen LogP contribution in [-0.4, -0.2) is 25.2 Å². The van der Waals surface area contributed by atoms with Crippen LogP contribution < -0.4 is 4.72 Å². The van der Waals surface area contributed by atoms with E-state index in [4.69, 9.17) is 23.2 Å². The van der Waals surface area contributed by atoms with Crippen molar-refractivity contribution in [2.24, 2.45) is 0 Å². The standard InChI is InChI=1S/C19H21Cl2NO3S/c1-19(23)10-8-15(9-11-19)22-26(24,25)16-5-2-13(3-6-16)17-7-4-14(20)12-18(17)21/h2-7,12,15,22-23H,8-11H2,1H3. The maximum absolute atomic E-state index is 12.6. The highest BCUT2D eigenvalue weighted by Gasteiger charge is 2.31. The van der Waals surface area contributed by atoms with E-state index in [0.29, 0.717) is 35.7 Å². The van der Waals surface area contributed by atoms with Gasteiger partial charge in [0.25, 0.3) is 0 Å². The fourth-order valence-electron chi connectivity index (χ4n) is 3.18. The zero-order chi connectivity index (χ0) is 18.9. The fourth-order valence-corrected chi connectivity index (χ4v) is 5.00. The second-order valence-electron chi connectivity index (χ2n) is 7.04. The van der Waals surface area contributed by atoms with E-state index in [1.807, 2.05) is 0 Å². The minimum Gasteiger partial charge on any atom is -0.390 e. The van der Waals surface area contributed by atoms with Crippen molar-refractivity contribution in [3.8, 4) is 11.1 Å². The van der Waals surface area contributed by atoms with Gasteiger partial charge in [0.15, 0.2) is 0 Å². The molecule has 1 aliphatic rings. The smallest absolute Gasteiger partial charge is 0.240 e. The van der Waals surface area contributed by atoms with Crippen LogP contribution in [0.25, 0.3) is 11.1 Å². The lowest BCUT2D eigenvalue weighted by atomic mass is 9.84. The van der Waals surface area contributed by atoms with Gasteiger partial charge in [-0.3, -0.25) is 0 Å². The van der Waals surface area contributed by atoms with Crippen molar-refractivity contribution in [1.82, 2.24) is 4.72 Å². The number of nitrogens with one attached hydrogen (secondary N) is 1. The van der Waals surface area contributed by atoms with Crippen LogP contribution >= 0.6 is 23.2 Å². The lowest BCUT2D eigenvalue weighted by Gasteiger charge is -2.33. The van der Waals surface area contributed by atoms with Crippen LogP contribution in [0.15, 0.2) is 47.4 Å². The Bertz CT molecular complexity index is 886. The van der Waals surface area contributed by atoms with E-state index in [0.717, 1.165) is 11.1 Å². The van der Waals surface area contributed by atoms with Crippen molar-refractivity contribution < 1.29 is 13.5 Å². The first kappa shape index (κ1) is 19.6. The second kappa shape index (κ2) is 7.49. The third kappa shape index (κ3) is 4.59. The summed E-state index contributed by atoms with van der Waals surface area (Å²) >= 11 is 12.1. The third-order valence-corrected chi connectivity index (χ3v) is 6.88. The Hall–Kier alpha value is -1.11. The Labute approximate surface area is 164 Å². The summed E-state index contributed by atoms with van der Waals surface area (Å²) < 4.78 is 28.0. The van der Waals surface area contributed by atoms with Gasteiger partial charge >= 0.3 is 0 Å². The Balaban J connectivity index is 1.75. The Kier molecular flexibility index (Phi) is 5.66. The summed E-state index contributed by atoms with van der Waals surface area (Å²) in [6.07, 6.45) is 2.44. The molecule has 0 bridgehead atoms. The molecule has 26 heavy (non-hydrogen) atoms. The molecular formula is C19H21Cl2NO3S. The molecule has 0 heterocycles. The van der Waals surface area contributed by atoms with Crippen molar-refractivity contribution in [2.75, 3.05) is 0 Å². The van der Waals surface area contributed by atoms with Gasteiger partial charge in [-0.2, -0.15) is 0 Å². The molecule has 7 heteroatoms. The molecule has 0 spiro atoms. The topological polar surface area (TPSA) is 66.4 Å². The quantitative estimate of drug-likeness (QED) is 0.767. The van der Waals surface area contributed by atoms with Gasteiger partial charge in [-0.25, -0.2) is 13.1 Å². The molecule has 0 atom stereocenters. The fraction of sp³-hybridized carbons (Fsp3) is 0.368. The van der Waals surface area contributed by atoms with E-state index in [1.165, 1.54) is 0 Å². The van der Waals surface area contributed by atoms with Crippen LogP contribution in [0, 0.1) is 0 Å². The van der Waals surface area contributed by atoms with Gasteiger partial charge in [-0.15, -0.1) is 0 Å². The van der Waals surface area contributed by atoms with E-state index in [9.17, 15) is 13.5 Å².